The summed E-state index contributed by atoms with van der Waals surface area (Å²) in [6.45, 7) is 12.1. The van der Waals surface area contributed by atoms with Gasteiger partial charge in [0.2, 0.25) is 0 Å². The van der Waals surface area contributed by atoms with Crippen LogP contribution in [-0.4, -0.2) is 0 Å². The van der Waals surface area contributed by atoms with E-state index in [1.165, 1.54) is 193 Å². The van der Waals surface area contributed by atoms with Crippen molar-refractivity contribution in [3.8, 4) is 0 Å². The third kappa shape index (κ3) is 30.5. The molecule has 230 valence electrons. The molecule has 0 aliphatic heterocycles. The average molecular weight is 535 g/mol. The highest BCUT2D eigenvalue weighted by Gasteiger charge is 2.05. The molecule has 38 heavy (non-hydrogen) atoms. The molecule has 0 aliphatic rings. The van der Waals surface area contributed by atoms with Gasteiger partial charge in [0.25, 0.3) is 0 Å². The lowest BCUT2D eigenvalue weighted by molar-refractivity contribution is 0.415. The van der Waals surface area contributed by atoms with Crippen LogP contribution in [0, 0.1) is 17.8 Å². The molecule has 0 N–H and O–H groups in total. The summed E-state index contributed by atoms with van der Waals surface area (Å²) in [5.74, 6) is 2.88. The van der Waals surface area contributed by atoms with Crippen molar-refractivity contribution in [2.45, 2.75) is 227 Å². The van der Waals surface area contributed by atoms with Crippen molar-refractivity contribution in [1.29, 1.82) is 0 Å². The Morgan fingerprint density at radius 1 is 0.237 bits per heavy atom. The van der Waals surface area contributed by atoms with Crippen LogP contribution in [0.4, 0.5) is 0 Å². The maximum absolute atomic E-state index is 2.51. The maximum Gasteiger partial charge on any atom is -0.0443 e. The average Bonchev–Trinajstić information content (AvgIpc) is 2.91. The van der Waals surface area contributed by atoms with Crippen molar-refractivity contribution >= 4 is 0 Å². The van der Waals surface area contributed by atoms with Crippen LogP contribution in [0.25, 0.3) is 0 Å². The second-order valence-electron chi connectivity index (χ2n) is 13.8. The summed E-state index contributed by atoms with van der Waals surface area (Å²) in [4.78, 5) is 0. The van der Waals surface area contributed by atoms with Crippen molar-refractivity contribution in [1.82, 2.24) is 0 Å². The minimum Gasteiger partial charge on any atom is -0.0654 e. The molecule has 0 fully saturated rings. The highest BCUT2D eigenvalue weighted by atomic mass is 14.1. The van der Waals surface area contributed by atoms with E-state index in [1.807, 2.05) is 0 Å². The van der Waals surface area contributed by atoms with Gasteiger partial charge in [-0.2, -0.15) is 0 Å². The predicted molar refractivity (Wildman–Crippen MR) is 177 cm³/mol. The van der Waals surface area contributed by atoms with Gasteiger partial charge in [-0.25, -0.2) is 0 Å². The molecule has 3 atom stereocenters. The lowest BCUT2D eigenvalue weighted by atomic mass is 9.94. The van der Waals surface area contributed by atoms with Gasteiger partial charge < -0.3 is 0 Å². The minimum absolute atomic E-state index is 0.959. The van der Waals surface area contributed by atoms with E-state index in [4.69, 9.17) is 0 Å². The van der Waals surface area contributed by atoms with Crippen LogP contribution >= 0.6 is 0 Å². The van der Waals surface area contributed by atoms with E-state index in [-0.39, 0.29) is 0 Å². The first-order valence-corrected chi connectivity index (χ1v) is 18.6. The monoisotopic (exact) mass is 535 g/mol. The zero-order valence-electron chi connectivity index (χ0n) is 27.9. The zero-order chi connectivity index (χ0) is 27.9. The lowest BCUT2D eigenvalue weighted by Gasteiger charge is -2.12. The highest BCUT2D eigenvalue weighted by Crippen LogP contribution is 2.21. The summed E-state index contributed by atoms with van der Waals surface area (Å²) in [5.41, 5.74) is 0. The van der Waals surface area contributed by atoms with Gasteiger partial charge in [0, 0.05) is 0 Å². The van der Waals surface area contributed by atoms with E-state index >= 15 is 0 Å². The van der Waals surface area contributed by atoms with Crippen LogP contribution < -0.4 is 0 Å². The van der Waals surface area contributed by atoms with Crippen molar-refractivity contribution in [3.05, 3.63) is 0 Å². The van der Waals surface area contributed by atoms with E-state index < -0.39 is 0 Å². The molecule has 0 aromatic heterocycles. The largest absolute Gasteiger partial charge is 0.0654 e. The van der Waals surface area contributed by atoms with Crippen LogP contribution in [0.2, 0.25) is 0 Å². The number of hydrogen-bond donors (Lipinski definition) is 0. The lowest BCUT2D eigenvalue weighted by Crippen LogP contribution is -1.96. The van der Waals surface area contributed by atoms with Crippen molar-refractivity contribution in [2.24, 2.45) is 17.8 Å². The van der Waals surface area contributed by atoms with Gasteiger partial charge in [-0.1, -0.05) is 227 Å². The smallest absolute Gasteiger partial charge is 0.0443 e. The first kappa shape index (κ1) is 38.0. The van der Waals surface area contributed by atoms with Gasteiger partial charge in [-0.3, -0.25) is 0 Å². The summed E-state index contributed by atoms with van der Waals surface area (Å²) in [6, 6.07) is 0. The Kier molecular flexibility index (Phi) is 31.5. The van der Waals surface area contributed by atoms with Crippen molar-refractivity contribution in [2.75, 3.05) is 0 Å². The quantitative estimate of drug-likeness (QED) is 0.0752. The van der Waals surface area contributed by atoms with Crippen molar-refractivity contribution < 1.29 is 0 Å². The molecule has 0 bridgehead atoms. The maximum atomic E-state index is 2.51. The number of rotatable bonds is 32. The fraction of sp³-hybridized carbons (Fsp3) is 1.00. The molecule has 0 saturated heterocycles. The van der Waals surface area contributed by atoms with Crippen LogP contribution in [0.5, 0.6) is 0 Å². The predicted octanol–water partition coefficient (Wildman–Crippen LogP) is 14.6. The summed E-state index contributed by atoms with van der Waals surface area (Å²) in [5, 5.41) is 0. The SMILES string of the molecule is CCCCCCCCCCCCC(C)CCCCCCCC(C)CCCCCCCCCC(C)CCCC. The standard InChI is InChI=1S/C38H78/c1-6-8-10-11-12-13-14-16-20-26-32-37(4)34-28-23-19-24-29-35-38(5)33-27-22-18-15-17-21-25-31-36(3)30-9-7-2/h36-38H,6-35H2,1-5H3. The fourth-order valence-corrected chi connectivity index (χ4v) is 6.35. The second kappa shape index (κ2) is 31.5. The van der Waals surface area contributed by atoms with Crippen LogP contribution in [-0.2, 0) is 0 Å². The van der Waals surface area contributed by atoms with Crippen LogP contribution in [0.1, 0.15) is 227 Å². The Hall–Kier alpha value is 0. The molecule has 0 nitrogen and oxygen atoms in total. The van der Waals surface area contributed by atoms with Gasteiger partial charge in [0.1, 0.15) is 0 Å². The molecule has 0 radical (unpaired) electrons. The van der Waals surface area contributed by atoms with E-state index in [9.17, 15) is 0 Å². The molecule has 0 amide bonds. The molecule has 0 heteroatoms. The molecule has 0 aromatic rings. The summed E-state index contributed by atoms with van der Waals surface area (Å²) in [6.07, 6.45) is 44.0. The molecule has 0 heterocycles. The van der Waals surface area contributed by atoms with Gasteiger partial charge in [0.15, 0.2) is 0 Å². The van der Waals surface area contributed by atoms with Crippen LogP contribution in [0.15, 0.2) is 0 Å². The van der Waals surface area contributed by atoms with E-state index in [0.717, 1.165) is 17.8 Å². The van der Waals surface area contributed by atoms with E-state index in [1.54, 1.807) is 0 Å². The second-order valence-corrected chi connectivity index (χ2v) is 13.8. The topological polar surface area (TPSA) is 0 Å². The van der Waals surface area contributed by atoms with Crippen LogP contribution in [0.3, 0.4) is 0 Å². The Morgan fingerprint density at radius 3 is 0.658 bits per heavy atom. The first-order valence-electron chi connectivity index (χ1n) is 18.6. The molecule has 3 unspecified atom stereocenters. The third-order valence-electron chi connectivity index (χ3n) is 9.39. The Bertz CT molecular complexity index is 412. The molecule has 0 saturated carbocycles. The molecule has 0 aromatic carbocycles. The van der Waals surface area contributed by atoms with Crippen molar-refractivity contribution in [3.63, 3.8) is 0 Å². The molecular weight excluding hydrogens is 456 g/mol. The van der Waals surface area contributed by atoms with Gasteiger partial charge in [-0.15, -0.1) is 0 Å². The van der Waals surface area contributed by atoms with E-state index in [0.29, 0.717) is 0 Å². The highest BCUT2D eigenvalue weighted by molar-refractivity contribution is 4.59. The molecule has 0 aliphatic carbocycles. The molecule has 0 rings (SSSR count). The normalized spacial score (nSPS) is 14.1. The third-order valence-corrected chi connectivity index (χ3v) is 9.39. The molecule has 0 spiro atoms. The number of hydrogen-bond acceptors (Lipinski definition) is 0. The number of unbranched alkanes of at least 4 members (excludes halogenated alkanes) is 20. The Labute approximate surface area is 244 Å². The Balaban J connectivity index is 3.28. The van der Waals surface area contributed by atoms with E-state index in [2.05, 4.69) is 34.6 Å². The minimum atomic E-state index is 0.959. The summed E-state index contributed by atoms with van der Waals surface area (Å²) >= 11 is 0. The van der Waals surface area contributed by atoms with Gasteiger partial charge in [0.05, 0.1) is 0 Å². The van der Waals surface area contributed by atoms with Gasteiger partial charge >= 0.3 is 0 Å². The summed E-state index contributed by atoms with van der Waals surface area (Å²) in [7, 11) is 0. The van der Waals surface area contributed by atoms with Gasteiger partial charge in [-0.05, 0) is 17.8 Å². The Morgan fingerprint density at radius 2 is 0.421 bits per heavy atom. The summed E-state index contributed by atoms with van der Waals surface area (Å²) < 4.78 is 0. The zero-order valence-corrected chi connectivity index (χ0v) is 27.9. The molecular formula is C38H78. The fourth-order valence-electron chi connectivity index (χ4n) is 6.35. The first-order chi connectivity index (χ1) is 18.6.